The average molecular weight is 342 g/mol. The molecule has 0 nitrogen and oxygen atoms in total. The summed E-state index contributed by atoms with van der Waals surface area (Å²) < 4.78 is 0. The summed E-state index contributed by atoms with van der Waals surface area (Å²) in [4.78, 5) is 0. The number of hydrogen-bond donors (Lipinski definition) is 0. The van der Waals surface area contributed by atoms with Crippen LogP contribution in [0.15, 0.2) is 24.3 Å². The Labute approximate surface area is 144 Å². The largest absolute Gasteiger partial charge is 0.0697 e. The second-order valence-corrected chi connectivity index (χ2v) is 12.2. The van der Waals surface area contributed by atoms with Crippen LogP contribution in [0, 0.1) is 41.5 Å². The normalized spacial score (nSPS) is 21.0. The van der Waals surface area contributed by atoms with Crippen LogP contribution >= 0.6 is 15.8 Å². The van der Waals surface area contributed by atoms with Crippen LogP contribution in [0.1, 0.15) is 33.4 Å². The first-order valence-corrected chi connectivity index (χ1v) is 11.9. The van der Waals surface area contributed by atoms with Crippen molar-refractivity contribution in [1.29, 1.82) is 0 Å². The molecule has 1 fully saturated rings. The third kappa shape index (κ3) is 3.40. The lowest BCUT2D eigenvalue weighted by atomic mass is 10.1. The van der Waals surface area contributed by atoms with Crippen molar-refractivity contribution < 1.29 is 0 Å². The van der Waals surface area contributed by atoms with Gasteiger partial charge in [-0.15, -0.1) is 0 Å². The number of hydrogen-bond acceptors (Lipinski definition) is 0. The van der Waals surface area contributed by atoms with Crippen molar-refractivity contribution in [2.45, 2.75) is 41.5 Å². The number of benzene rings is 2. The second-order valence-electron chi connectivity index (χ2n) is 7.16. The first kappa shape index (κ1) is 17.1. The Morgan fingerprint density at radius 3 is 1.17 bits per heavy atom. The Balaban J connectivity index is 1.91. The van der Waals surface area contributed by atoms with Gasteiger partial charge in [-0.2, -0.15) is 0 Å². The predicted molar refractivity (Wildman–Crippen MR) is 109 cm³/mol. The van der Waals surface area contributed by atoms with E-state index in [1.165, 1.54) is 51.6 Å². The highest BCUT2D eigenvalue weighted by molar-refractivity contribution is 7.85. The molecule has 3 rings (SSSR count). The van der Waals surface area contributed by atoms with Crippen LogP contribution < -0.4 is 10.6 Å². The van der Waals surface area contributed by atoms with Gasteiger partial charge in [0.15, 0.2) is 0 Å². The van der Waals surface area contributed by atoms with Crippen molar-refractivity contribution >= 4 is 26.5 Å². The molecule has 0 bridgehead atoms. The summed E-state index contributed by atoms with van der Waals surface area (Å²) in [7, 11) is 0.0783. The zero-order valence-electron chi connectivity index (χ0n) is 15.3. The Morgan fingerprint density at radius 1 is 0.565 bits per heavy atom. The van der Waals surface area contributed by atoms with Gasteiger partial charge in [-0.1, -0.05) is 51.2 Å². The standard InChI is InChI=1S/C21H28P2/c1-14-9-16(3)20(17(4)10-14)22-7-8-23(13-22)21-18(5)11-15(2)12-19(21)6/h9-12H,7-8,13H2,1-6H3. The van der Waals surface area contributed by atoms with Crippen molar-refractivity contribution in [1.82, 2.24) is 0 Å². The minimum absolute atomic E-state index is 0.0392. The van der Waals surface area contributed by atoms with Gasteiger partial charge < -0.3 is 0 Å². The van der Waals surface area contributed by atoms with E-state index in [-0.39, 0.29) is 15.8 Å². The molecule has 2 heteroatoms. The molecule has 0 saturated carbocycles. The molecule has 1 aliphatic rings. The Hall–Kier alpha value is -0.700. The molecule has 0 spiro atoms. The van der Waals surface area contributed by atoms with Gasteiger partial charge in [-0.25, -0.2) is 0 Å². The maximum absolute atomic E-state index is 2.38. The highest BCUT2D eigenvalue weighted by Gasteiger charge is 2.29. The van der Waals surface area contributed by atoms with Crippen LogP contribution in [0.5, 0.6) is 0 Å². The fourth-order valence-electron chi connectivity index (χ4n) is 4.30. The summed E-state index contributed by atoms with van der Waals surface area (Å²) in [6, 6.07) is 9.53. The molecule has 0 radical (unpaired) electrons. The van der Waals surface area contributed by atoms with Gasteiger partial charge >= 0.3 is 0 Å². The molecule has 2 aromatic rings. The molecule has 1 saturated heterocycles. The van der Waals surface area contributed by atoms with E-state index in [1.807, 2.05) is 0 Å². The Bertz CT molecular complexity index is 636. The smallest absolute Gasteiger partial charge is 0.00393 e. The quantitative estimate of drug-likeness (QED) is 0.639. The van der Waals surface area contributed by atoms with Crippen LogP contribution in [0.2, 0.25) is 0 Å². The first-order chi connectivity index (χ1) is 10.9. The molecule has 2 atom stereocenters. The highest BCUT2D eigenvalue weighted by atomic mass is 31.2. The van der Waals surface area contributed by atoms with Crippen LogP contribution in [-0.4, -0.2) is 18.2 Å². The minimum Gasteiger partial charge on any atom is -0.0697 e. The van der Waals surface area contributed by atoms with Gasteiger partial charge in [-0.05, 0) is 92.6 Å². The Morgan fingerprint density at radius 2 is 0.870 bits per heavy atom. The zero-order chi connectivity index (χ0) is 16.7. The fourth-order valence-corrected chi connectivity index (χ4v) is 12.8. The van der Waals surface area contributed by atoms with Crippen LogP contribution in [0.25, 0.3) is 0 Å². The van der Waals surface area contributed by atoms with E-state index in [2.05, 4.69) is 65.8 Å². The van der Waals surface area contributed by atoms with Crippen molar-refractivity contribution in [2.75, 3.05) is 18.2 Å². The maximum Gasteiger partial charge on any atom is -0.00393 e. The summed E-state index contributed by atoms with van der Waals surface area (Å²) in [5, 5.41) is 3.41. The minimum atomic E-state index is 0.0392. The van der Waals surface area contributed by atoms with E-state index in [0.29, 0.717) is 0 Å². The molecular weight excluding hydrogens is 314 g/mol. The van der Waals surface area contributed by atoms with Gasteiger partial charge in [0.2, 0.25) is 0 Å². The number of aryl methyl sites for hydroxylation is 6. The number of rotatable bonds is 2. The van der Waals surface area contributed by atoms with Crippen molar-refractivity contribution in [3.8, 4) is 0 Å². The Kier molecular flexibility index (Phi) is 4.96. The summed E-state index contributed by atoms with van der Waals surface area (Å²) >= 11 is 0. The van der Waals surface area contributed by atoms with Gasteiger partial charge in [0.25, 0.3) is 0 Å². The monoisotopic (exact) mass is 342 g/mol. The maximum atomic E-state index is 2.38. The third-order valence-corrected chi connectivity index (χ3v) is 12.2. The topological polar surface area (TPSA) is 0 Å². The van der Waals surface area contributed by atoms with E-state index in [1.54, 1.807) is 10.6 Å². The summed E-state index contributed by atoms with van der Waals surface area (Å²) in [5.41, 5.74) is 8.94. The van der Waals surface area contributed by atoms with E-state index in [4.69, 9.17) is 0 Å². The predicted octanol–water partition coefficient (Wildman–Crippen LogP) is 5.42. The van der Waals surface area contributed by atoms with E-state index in [0.717, 1.165) is 0 Å². The molecule has 1 heterocycles. The molecule has 0 aliphatic carbocycles. The van der Waals surface area contributed by atoms with Crippen molar-refractivity contribution in [2.24, 2.45) is 0 Å². The fraction of sp³-hybridized carbons (Fsp3) is 0.429. The lowest BCUT2D eigenvalue weighted by Crippen LogP contribution is -2.13. The SMILES string of the molecule is Cc1cc(C)c(P2CCP(c3c(C)cc(C)cc3C)C2)c(C)c1. The van der Waals surface area contributed by atoms with Gasteiger partial charge in [0.1, 0.15) is 0 Å². The summed E-state index contributed by atoms with van der Waals surface area (Å²) in [6.07, 6.45) is 2.86. The molecule has 0 aromatic heterocycles. The second kappa shape index (κ2) is 6.66. The van der Waals surface area contributed by atoms with Gasteiger partial charge in [-0.3, -0.25) is 0 Å². The lowest BCUT2D eigenvalue weighted by Gasteiger charge is -2.21. The van der Waals surface area contributed by atoms with Crippen molar-refractivity contribution in [3.63, 3.8) is 0 Å². The summed E-state index contributed by atoms with van der Waals surface area (Å²) in [6.45, 7) is 13.7. The molecule has 2 unspecified atom stereocenters. The van der Waals surface area contributed by atoms with Gasteiger partial charge in [0, 0.05) is 0 Å². The molecule has 23 heavy (non-hydrogen) atoms. The molecule has 0 amide bonds. The molecule has 0 N–H and O–H groups in total. The van der Waals surface area contributed by atoms with Crippen molar-refractivity contribution in [3.05, 3.63) is 57.6 Å². The van der Waals surface area contributed by atoms with E-state index < -0.39 is 0 Å². The average Bonchev–Trinajstić information content (AvgIpc) is 2.85. The lowest BCUT2D eigenvalue weighted by molar-refractivity contribution is 1.35. The van der Waals surface area contributed by atoms with Crippen LogP contribution in [0.4, 0.5) is 0 Å². The van der Waals surface area contributed by atoms with Crippen LogP contribution in [0.3, 0.4) is 0 Å². The van der Waals surface area contributed by atoms with Gasteiger partial charge in [0.05, 0.1) is 0 Å². The van der Waals surface area contributed by atoms with Crippen LogP contribution in [-0.2, 0) is 0 Å². The van der Waals surface area contributed by atoms with E-state index in [9.17, 15) is 0 Å². The van der Waals surface area contributed by atoms with E-state index >= 15 is 0 Å². The molecular formula is C21H28P2. The molecule has 2 aromatic carbocycles. The highest BCUT2D eigenvalue weighted by Crippen LogP contribution is 2.58. The summed E-state index contributed by atoms with van der Waals surface area (Å²) in [5.74, 6) is 1.44. The first-order valence-electron chi connectivity index (χ1n) is 8.52. The molecule has 1 aliphatic heterocycles. The zero-order valence-corrected chi connectivity index (χ0v) is 17.1. The molecule has 122 valence electrons. The third-order valence-electron chi connectivity index (χ3n) is 4.88.